The molecule has 0 aromatic carbocycles. The van der Waals surface area contributed by atoms with E-state index in [9.17, 15) is 4.21 Å². The van der Waals surface area contributed by atoms with Crippen molar-refractivity contribution in [3.8, 4) is 0 Å². The lowest BCUT2D eigenvalue weighted by molar-refractivity contribution is 0.519. The zero-order valence-electron chi connectivity index (χ0n) is 7.23. The number of hydrogen-bond donors (Lipinski definition) is 1. The van der Waals surface area contributed by atoms with Crippen molar-refractivity contribution < 1.29 is 4.21 Å². The second kappa shape index (κ2) is 4.30. The summed E-state index contributed by atoms with van der Waals surface area (Å²) in [5.41, 5.74) is 0. The predicted molar refractivity (Wildman–Crippen MR) is 54.4 cm³/mol. The maximum atomic E-state index is 11.9. The lowest BCUT2D eigenvalue weighted by Crippen LogP contribution is -2.36. The quantitative estimate of drug-likeness (QED) is 0.802. The maximum absolute atomic E-state index is 11.9. The van der Waals surface area contributed by atoms with Crippen molar-refractivity contribution in [2.45, 2.75) is 22.4 Å². The molecule has 1 fully saturated rings. The van der Waals surface area contributed by atoms with Crippen LogP contribution in [0.3, 0.4) is 0 Å². The molecule has 0 saturated carbocycles. The van der Waals surface area contributed by atoms with E-state index in [-0.39, 0.29) is 5.25 Å². The molecule has 0 aliphatic carbocycles. The molecule has 1 N–H and O–H groups in total. The standard InChI is InChI=1S/C8H12N2OS2/c11-13(8-10-4-5-12-8)7-2-1-3-9-6-7/h4-5,7,9H,1-3,6H2. The van der Waals surface area contributed by atoms with Gasteiger partial charge in [0.2, 0.25) is 0 Å². The number of aromatic nitrogens is 1. The fraction of sp³-hybridized carbons (Fsp3) is 0.625. The molecule has 13 heavy (non-hydrogen) atoms. The topological polar surface area (TPSA) is 42.0 Å². The van der Waals surface area contributed by atoms with Crippen molar-refractivity contribution in [1.29, 1.82) is 0 Å². The fourth-order valence-electron chi connectivity index (χ4n) is 1.45. The minimum atomic E-state index is -0.894. The van der Waals surface area contributed by atoms with E-state index in [1.165, 1.54) is 11.3 Å². The molecule has 2 heterocycles. The fourth-order valence-corrected chi connectivity index (χ4v) is 3.87. The third-order valence-electron chi connectivity index (χ3n) is 2.14. The Morgan fingerprint density at radius 2 is 2.62 bits per heavy atom. The number of rotatable bonds is 2. The summed E-state index contributed by atoms with van der Waals surface area (Å²) in [7, 11) is -0.894. The Morgan fingerprint density at radius 3 is 3.23 bits per heavy atom. The van der Waals surface area contributed by atoms with Gasteiger partial charge >= 0.3 is 0 Å². The second-order valence-corrected chi connectivity index (χ2v) is 5.86. The molecule has 1 saturated heterocycles. The van der Waals surface area contributed by atoms with Crippen LogP contribution in [0.25, 0.3) is 0 Å². The number of piperidine rings is 1. The number of thiazole rings is 1. The van der Waals surface area contributed by atoms with Crippen LogP contribution in [0.2, 0.25) is 0 Å². The van der Waals surface area contributed by atoms with E-state index in [1.807, 2.05) is 5.38 Å². The first-order valence-corrected chi connectivity index (χ1v) is 6.48. The molecule has 0 spiro atoms. The van der Waals surface area contributed by atoms with E-state index in [0.717, 1.165) is 30.3 Å². The zero-order chi connectivity index (χ0) is 9.10. The molecule has 0 bridgehead atoms. The van der Waals surface area contributed by atoms with E-state index in [2.05, 4.69) is 10.3 Å². The van der Waals surface area contributed by atoms with E-state index >= 15 is 0 Å². The highest BCUT2D eigenvalue weighted by molar-refractivity contribution is 7.87. The Kier molecular flexibility index (Phi) is 3.08. The van der Waals surface area contributed by atoms with Crippen LogP contribution in [0, 0.1) is 0 Å². The molecule has 2 rings (SSSR count). The summed E-state index contributed by atoms with van der Waals surface area (Å²) >= 11 is 1.49. The van der Waals surface area contributed by atoms with Crippen LogP contribution in [-0.2, 0) is 10.8 Å². The number of nitrogens with one attached hydrogen (secondary N) is 1. The molecule has 3 nitrogen and oxygen atoms in total. The minimum absolute atomic E-state index is 0.264. The maximum Gasteiger partial charge on any atom is 0.180 e. The zero-order valence-corrected chi connectivity index (χ0v) is 8.87. The van der Waals surface area contributed by atoms with Crippen molar-refractivity contribution >= 4 is 22.1 Å². The Morgan fingerprint density at radius 1 is 1.69 bits per heavy atom. The summed E-state index contributed by atoms with van der Waals surface area (Å²) in [6.45, 7) is 1.93. The number of nitrogens with zero attached hydrogens (tertiary/aromatic N) is 1. The summed E-state index contributed by atoms with van der Waals surface area (Å²) in [6.07, 6.45) is 3.90. The highest BCUT2D eigenvalue weighted by Gasteiger charge is 2.22. The Bertz CT molecular complexity index is 280. The lowest BCUT2D eigenvalue weighted by Gasteiger charge is -2.20. The van der Waals surface area contributed by atoms with Crippen LogP contribution in [0.5, 0.6) is 0 Å². The van der Waals surface area contributed by atoms with Gasteiger partial charge in [-0.1, -0.05) is 0 Å². The summed E-state index contributed by atoms with van der Waals surface area (Å²) < 4.78 is 12.7. The van der Waals surface area contributed by atoms with Crippen molar-refractivity contribution in [1.82, 2.24) is 10.3 Å². The van der Waals surface area contributed by atoms with Crippen molar-refractivity contribution in [2.24, 2.45) is 0 Å². The molecular weight excluding hydrogens is 204 g/mol. The van der Waals surface area contributed by atoms with Gasteiger partial charge in [-0.25, -0.2) is 4.98 Å². The van der Waals surface area contributed by atoms with Gasteiger partial charge in [-0.2, -0.15) is 0 Å². The molecule has 1 aromatic rings. The Labute approximate surface area is 84.0 Å². The smallest absolute Gasteiger partial charge is 0.180 e. The molecule has 2 unspecified atom stereocenters. The van der Waals surface area contributed by atoms with Crippen LogP contribution >= 0.6 is 11.3 Å². The third kappa shape index (κ3) is 2.15. The molecule has 0 amide bonds. The van der Waals surface area contributed by atoms with Gasteiger partial charge < -0.3 is 5.32 Å². The van der Waals surface area contributed by atoms with E-state index < -0.39 is 10.8 Å². The average molecular weight is 216 g/mol. The summed E-state index contributed by atoms with van der Waals surface area (Å²) in [6, 6.07) is 0. The Hall–Kier alpha value is -0.260. The van der Waals surface area contributed by atoms with Crippen molar-refractivity contribution in [2.75, 3.05) is 13.1 Å². The largest absolute Gasteiger partial charge is 0.316 e. The molecular formula is C8H12N2OS2. The van der Waals surface area contributed by atoms with Gasteiger partial charge in [-0.15, -0.1) is 11.3 Å². The van der Waals surface area contributed by atoms with E-state index in [4.69, 9.17) is 0 Å². The minimum Gasteiger partial charge on any atom is -0.316 e. The van der Waals surface area contributed by atoms with Crippen LogP contribution in [0.4, 0.5) is 0 Å². The SMILES string of the molecule is O=S(c1nccs1)C1CCCNC1. The van der Waals surface area contributed by atoms with Crippen LogP contribution in [0.1, 0.15) is 12.8 Å². The average Bonchev–Trinajstić information content (AvgIpc) is 2.71. The molecule has 0 radical (unpaired) electrons. The summed E-state index contributed by atoms with van der Waals surface area (Å²) in [4.78, 5) is 4.08. The van der Waals surface area contributed by atoms with Gasteiger partial charge in [0.15, 0.2) is 4.34 Å². The second-order valence-electron chi connectivity index (χ2n) is 3.06. The van der Waals surface area contributed by atoms with Crippen LogP contribution in [0.15, 0.2) is 15.9 Å². The highest BCUT2D eigenvalue weighted by Crippen LogP contribution is 2.18. The van der Waals surface area contributed by atoms with Crippen LogP contribution < -0.4 is 5.32 Å². The van der Waals surface area contributed by atoms with Gasteiger partial charge in [0, 0.05) is 18.1 Å². The van der Waals surface area contributed by atoms with Gasteiger partial charge in [0.25, 0.3) is 0 Å². The van der Waals surface area contributed by atoms with Gasteiger partial charge in [-0.3, -0.25) is 4.21 Å². The molecule has 5 heteroatoms. The van der Waals surface area contributed by atoms with E-state index in [1.54, 1.807) is 6.20 Å². The molecule has 2 atom stereocenters. The normalized spacial score (nSPS) is 25.7. The van der Waals surface area contributed by atoms with Crippen molar-refractivity contribution in [3.05, 3.63) is 11.6 Å². The van der Waals surface area contributed by atoms with Crippen LogP contribution in [-0.4, -0.2) is 27.5 Å². The monoisotopic (exact) mass is 216 g/mol. The number of hydrogen-bond acceptors (Lipinski definition) is 4. The first-order chi connectivity index (χ1) is 6.38. The van der Waals surface area contributed by atoms with Gasteiger partial charge in [0.05, 0.1) is 16.0 Å². The Balaban J connectivity index is 2.04. The summed E-state index contributed by atoms with van der Waals surface area (Å²) in [5, 5.41) is 5.40. The van der Waals surface area contributed by atoms with Gasteiger partial charge in [0.1, 0.15) is 0 Å². The third-order valence-corrected chi connectivity index (χ3v) is 4.94. The molecule has 72 valence electrons. The molecule has 1 aliphatic rings. The van der Waals surface area contributed by atoms with E-state index in [0.29, 0.717) is 0 Å². The lowest BCUT2D eigenvalue weighted by atomic mass is 10.2. The predicted octanol–water partition coefficient (Wildman–Crippen LogP) is 1.00. The first-order valence-electron chi connectivity index (χ1n) is 4.39. The summed E-state index contributed by atoms with van der Waals surface area (Å²) in [5.74, 6) is 0. The van der Waals surface area contributed by atoms with Crippen molar-refractivity contribution in [3.63, 3.8) is 0 Å². The molecule has 1 aromatic heterocycles. The van der Waals surface area contributed by atoms with Gasteiger partial charge in [-0.05, 0) is 19.4 Å². The molecule has 1 aliphatic heterocycles. The first kappa shape index (κ1) is 9.30. The highest BCUT2D eigenvalue weighted by atomic mass is 32.2.